The molecule has 1 N–H and O–H groups in total. The Balaban J connectivity index is 3.00. The minimum Gasteiger partial charge on any atom is -0.472 e. The third-order valence-electron chi connectivity index (χ3n) is 3.44. The second-order valence-corrected chi connectivity index (χ2v) is 4.25. The standard InChI is InChI=1S/C14H25NO2/c1-5-14(6-2,17-8-4)13(15-7-3)12-9-10-16-11-12/h9-11,13,15H,5-8H2,1-4H3. The van der Waals surface area contributed by atoms with Crippen molar-refractivity contribution in [1.29, 1.82) is 0 Å². The summed E-state index contributed by atoms with van der Waals surface area (Å²) in [7, 11) is 0. The average Bonchev–Trinajstić information content (AvgIpc) is 2.87. The molecule has 0 aromatic carbocycles. The molecule has 3 heteroatoms. The lowest BCUT2D eigenvalue weighted by Gasteiger charge is -2.39. The Morgan fingerprint density at radius 1 is 1.29 bits per heavy atom. The van der Waals surface area contributed by atoms with Crippen LogP contribution in [0.5, 0.6) is 0 Å². The van der Waals surface area contributed by atoms with Crippen molar-refractivity contribution < 1.29 is 9.15 Å². The zero-order valence-electron chi connectivity index (χ0n) is 11.5. The van der Waals surface area contributed by atoms with Gasteiger partial charge in [-0.15, -0.1) is 0 Å². The molecular weight excluding hydrogens is 214 g/mol. The van der Waals surface area contributed by atoms with Gasteiger partial charge in [0.2, 0.25) is 0 Å². The first-order valence-electron chi connectivity index (χ1n) is 6.63. The fourth-order valence-electron chi connectivity index (χ4n) is 2.48. The van der Waals surface area contributed by atoms with E-state index in [0.717, 1.165) is 26.0 Å². The summed E-state index contributed by atoms with van der Waals surface area (Å²) in [5.74, 6) is 0. The lowest BCUT2D eigenvalue weighted by atomic mass is 9.84. The average molecular weight is 239 g/mol. The van der Waals surface area contributed by atoms with E-state index in [2.05, 4.69) is 33.0 Å². The van der Waals surface area contributed by atoms with Crippen molar-refractivity contribution in [2.24, 2.45) is 0 Å². The summed E-state index contributed by atoms with van der Waals surface area (Å²) >= 11 is 0. The Hall–Kier alpha value is -0.800. The number of nitrogens with one attached hydrogen (secondary N) is 1. The van der Waals surface area contributed by atoms with Gasteiger partial charge in [0.05, 0.1) is 24.2 Å². The molecule has 3 nitrogen and oxygen atoms in total. The van der Waals surface area contributed by atoms with E-state index >= 15 is 0 Å². The SMILES string of the molecule is CCNC(c1ccoc1)C(CC)(CC)OCC. The molecule has 0 bridgehead atoms. The van der Waals surface area contributed by atoms with E-state index in [9.17, 15) is 0 Å². The summed E-state index contributed by atoms with van der Waals surface area (Å²) in [6, 6.07) is 2.22. The van der Waals surface area contributed by atoms with Crippen LogP contribution in [0.1, 0.15) is 52.1 Å². The van der Waals surface area contributed by atoms with Crippen LogP contribution >= 0.6 is 0 Å². The normalized spacial score (nSPS) is 13.9. The van der Waals surface area contributed by atoms with Crippen LogP contribution in [-0.2, 0) is 4.74 Å². The first kappa shape index (κ1) is 14.3. The topological polar surface area (TPSA) is 34.4 Å². The quantitative estimate of drug-likeness (QED) is 0.753. The van der Waals surface area contributed by atoms with Crippen molar-refractivity contribution in [3.63, 3.8) is 0 Å². The van der Waals surface area contributed by atoms with Gasteiger partial charge in [-0.25, -0.2) is 0 Å². The van der Waals surface area contributed by atoms with E-state index in [1.54, 1.807) is 6.26 Å². The highest BCUT2D eigenvalue weighted by molar-refractivity contribution is 5.17. The van der Waals surface area contributed by atoms with Gasteiger partial charge < -0.3 is 14.5 Å². The number of likely N-dealkylation sites (N-methyl/N-ethyl adjacent to an activating group) is 1. The van der Waals surface area contributed by atoms with Crippen LogP contribution in [0.15, 0.2) is 23.0 Å². The molecule has 0 radical (unpaired) electrons. The van der Waals surface area contributed by atoms with Crippen LogP contribution in [-0.4, -0.2) is 18.8 Å². The van der Waals surface area contributed by atoms with Gasteiger partial charge in [-0.05, 0) is 32.4 Å². The zero-order valence-corrected chi connectivity index (χ0v) is 11.5. The summed E-state index contributed by atoms with van der Waals surface area (Å²) in [4.78, 5) is 0. The maximum absolute atomic E-state index is 6.06. The summed E-state index contributed by atoms with van der Waals surface area (Å²) in [6.07, 6.45) is 5.51. The summed E-state index contributed by atoms with van der Waals surface area (Å²) in [6.45, 7) is 10.2. The molecule has 17 heavy (non-hydrogen) atoms. The van der Waals surface area contributed by atoms with Gasteiger partial charge in [0.15, 0.2) is 0 Å². The van der Waals surface area contributed by atoms with E-state index in [4.69, 9.17) is 9.15 Å². The lowest BCUT2D eigenvalue weighted by molar-refractivity contribution is -0.0731. The molecule has 0 saturated heterocycles. The highest BCUT2D eigenvalue weighted by Crippen LogP contribution is 2.35. The fourth-order valence-corrected chi connectivity index (χ4v) is 2.48. The highest BCUT2D eigenvalue weighted by Gasteiger charge is 2.37. The smallest absolute Gasteiger partial charge is 0.0951 e. The maximum Gasteiger partial charge on any atom is 0.0951 e. The molecule has 1 aromatic rings. The number of ether oxygens (including phenoxy) is 1. The molecule has 0 amide bonds. The minimum atomic E-state index is -0.144. The van der Waals surface area contributed by atoms with Crippen molar-refractivity contribution in [2.75, 3.05) is 13.2 Å². The van der Waals surface area contributed by atoms with Gasteiger partial charge in [-0.2, -0.15) is 0 Å². The molecule has 0 aliphatic carbocycles. The second kappa shape index (κ2) is 6.82. The molecule has 0 spiro atoms. The van der Waals surface area contributed by atoms with Crippen LogP contribution in [0.4, 0.5) is 0 Å². The second-order valence-electron chi connectivity index (χ2n) is 4.25. The van der Waals surface area contributed by atoms with Crippen molar-refractivity contribution in [1.82, 2.24) is 5.32 Å². The monoisotopic (exact) mass is 239 g/mol. The molecule has 0 aliphatic heterocycles. The molecular formula is C14H25NO2. The fraction of sp³-hybridized carbons (Fsp3) is 0.714. The zero-order chi connectivity index (χ0) is 12.7. The van der Waals surface area contributed by atoms with Crippen molar-refractivity contribution in [3.05, 3.63) is 24.2 Å². The minimum absolute atomic E-state index is 0.144. The number of rotatable bonds is 8. The van der Waals surface area contributed by atoms with Crippen LogP contribution in [0.2, 0.25) is 0 Å². The Kier molecular flexibility index (Phi) is 5.72. The first-order chi connectivity index (χ1) is 8.24. The molecule has 1 atom stereocenters. The molecule has 0 fully saturated rings. The maximum atomic E-state index is 6.06. The largest absolute Gasteiger partial charge is 0.472 e. The molecule has 0 aliphatic rings. The van der Waals surface area contributed by atoms with Crippen LogP contribution in [0.3, 0.4) is 0 Å². The van der Waals surface area contributed by atoms with Crippen LogP contribution in [0.25, 0.3) is 0 Å². The van der Waals surface area contributed by atoms with Gasteiger partial charge in [-0.1, -0.05) is 20.8 Å². The summed E-state index contributed by atoms with van der Waals surface area (Å²) in [5, 5.41) is 3.53. The third-order valence-corrected chi connectivity index (χ3v) is 3.44. The molecule has 1 rings (SSSR count). The predicted octanol–water partition coefficient (Wildman–Crippen LogP) is 3.53. The Morgan fingerprint density at radius 2 is 2.00 bits per heavy atom. The summed E-state index contributed by atoms with van der Waals surface area (Å²) < 4.78 is 11.3. The number of hydrogen-bond acceptors (Lipinski definition) is 3. The molecule has 1 heterocycles. The number of hydrogen-bond donors (Lipinski definition) is 1. The van der Waals surface area contributed by atoms with E-state index in [0.29, 0.717) is 0 Å². The van der Waals surface area contributed by atoms with Crippen molar-refractivity contribution >= 4 is 0 Å². The molecule has 98 valence electrons. The van der Waals surface area contributed by atoms with Gasteiger partial charge in [0, 0.05) is 12.2 Å². The lowest BCUT2D eigenvalue weighted by Crippen LogP contribution is -2.45. The molecule has 1 unspecified atom stereocenters. The van der Waals surface area contributed by atoms with E-state index in [1.807, 2.05) is 12.3 Å². The Labute approximate surface area is 105 Å². The first-order valence-corrected chi connectivity index (χ1v) is 6.63. The number of furan rings is 1. The van der Waals surface area contributed by atoms with E-state index in [1.165, 1.54) is 5.56 Å². The highest BCUT2D eigenvalue weighted by atomic mass is 16.5. The Morgan fingerprint density at radius 3 is 2.41 bits per heavy atom. The van der Waals surface area contributed by atoms with Crippen LogP contribution in [0, 0.1) is 0 Å². The van der Waals surface area contributed by atoms with Gasteiger partial charge in [0.1, 0.15) is 0 Å². The van der Waals surface area contributed by atoms with Crippen LogP contribution < -0.4 is 5.32 Å². The van der Waals surface area contributed by atoms with Crippen molar-refractivity contribution in [3.8, 4) is 0 Å². The predicted molar refractivity (Wildman–Crippen MR) is 70.1 cm³/mol. The van der Waals surface area contributed by atoms with E-state index in [-0.39, 0.29) is 11.6 Å². The van der Waals surface area contributed by atoms with Gasteiger partial charge in [0.25, 0.3) is 0 Å². The van der Waals surface area contributed by atoms with Gasteiger partial charge >= 0.3 is 0 Å². The van der Waals surface area contributed by atoms with E-state index < -0.39 is 0 Å². The Bertz CT molecular complexity index is 291. The third kappa shape index (κ3) is 3.11. The van der Waals surface area contributed by atoms with Gasteiger partial charge in [-0.3, -0.25) is 0 Å². The summed E-state index contributed by atoms with van der Waals surface area (Å²) in [5.41, 5.74) is 1.03. The van der Waals surface area contributed by atoms with Crippen molar-refractivity contribution in [2.45, 2.75) is 52.2 Å². The molecule has 0 saturated carbocycles. The molecule has 1 aromatic heterocycles.